The van der Waals surface area contributed by atoms with E-state index < -0.39 is 42.4 Å². The first-order valence-corrected chi connectivity index (χ1v) is 5.23. The van der Waals surface area contributed by atoms with Crippen molar-refractivity contribution in [3.05, 3.63) is 34.2 Å². The van der Waals surface area contributed by atoms with Gasteiger partial charge in [0.1, 0.15) is 0 Å². The van der Waals surface area contributed by atoms with E-state index in [0.29, 0.717) is 4.57 Å². The molecule has 8 nitrogen and oxygen atoms in total. The van der Waals surface area contributed by atoms with Gasteiger partial charge in [-0.15, -0.1) is 0 Å². The maximum Gasteiger partial charge on any atom is 0.390 e. The summed E-state index contributed by atoms with van der Waals surface area (Å²) in [6.07, 6.45) is -4.57. The van der Waals surface area contributed by atoms with Crippen LogP contribution in [0.25, 0.3) is 4.85 Å². The number of halogens is 1. The minimum atomic E-state index is -2.15. The summed E-state index contributed by atoms with van der Waals surface area (Å²) in [7, 11) is 0. The third-order valence-electron chi connectivity index (χ3n) is 2.87. The zero-order valence-corrected chi connectivity index (χ0v) is 9.47. The lowest BCUT2D eigenvalue weighted by Crippen LogP contribution is -2.42. The van der Waals surface area contributed by atoms with E-state index in [4.69, 9.17) is 21.5 Å². The molecule has 9 heteroatoms. The number of aromatic hydroxyl groups is 1. The number of nitrogens with zero attached hydrogens (tertiary/aromatic N) is 3. The Kier molecular flexibility index (Phi) is 3.23. The molecule has 4 atom stereocenters. The number of aromatic nitrogens is 2. The van der Waals surface area contributed by atoms with Crippen LogP contribution in [0.2, 0.25) is 0 Å². The standard InChI is InChI=1S/C10H10FN3O5/c1-12-10(4-15)7(17)6(11)8(19-10)14-3-2-5(16)13-9(14)18/h2-3,6-8,15,17H,4H2,(H,13,16,18). The van der Waals surface area contributed by atoms with Crippen LogP contribution in [0, 0.1) is 6.57 Å². The summed E-state index contributed by atoms with van der Waals surface area (Å²) in [4.78, 5) is 17.6. The van der Waals surface area contributed by atoms with Gasteiger partial charge in [0.2, 0.25) is 5.88 Å². The van der Waals surface area contributed by atoms with E-state index in [9.17, 15) is 14.3 Å². The van der Waals surface area contributed by atoms with Crippen molar-refractivity contribution < 1.29 is 24.4 Å². The largest absolute Gasteiger partial charge is 0.493 e. The van der Waals surface area contributed by atoms with Crippen molar-refractivity contribution in [2.45, 2.75) is 24.2 Å². The monoisotopic (exact) mass is 271 g/mol. The topological polar surface area (TPSA) is 109 Å². The highest BCUT2D eigenvalue weighted by Crippen LogP contribution is 2.39. The predicted octanol–water partition coefficient (Wildman–Crippen LogP) is -1.22. The Morgan fingerprint density at radius 2 is 2.37 bits per heavy atom. The van der Waals surface area contributed by atoms with Gasteiger partial charge < -0.3 is 15.3 Å². The molecule has 0 amide bonds. The quantitative estimate of drug-likeness (QED) is 0.582. The molecule has 0 radical (unpaired) electrons. The molecule has 0 aromatic carbocycles. The molecule has 0 spiro atoms. The molecule has 0 saturated carbocycles. The number of ether oxygens (including phenoxy) is 1. The molecule has 3 N–H and O–H groups in total. The molecule has 1 fully saturated rings. The Hall–Kier alpha value is -2.02. The summed E-state index contributed by atoms with van der Waals surface area (Å²) in [6.45, 7) is 5.96. The second-order valence-electron chi connectivity index (χ2n) is 3.99. The molecule has 1 saturated heterocycles. The smallest absolute Gasteiger partial charge is 0.390 e. The highest BCUT2D eigenvalue weighted by Gasteiger charge is 2.62. The van der Waals surface area contributed by atoms with Gasteiger partial charge >= 0.3 is 11.4 Å². The van der Waals surface area contributed by atoms with Gasteiger partial charge in [0.25, 0.3) is 0 Å². The number of hydrogen-bond donors (Lipinski definition) is 3. The van der Waals surface area contributed by atoms with Crippen molar-refractivity contribution in [1.82, 2.24) is 9.55 Å². The number of alkyl halides is 1. The molecule has 2 rings (SSSR count). The Balaban J connectivity index is 2.43. The molecule has 1 aliphatic rings. The van der Waals surface area contributed by atoms with Gasteiger partial charge in [-0.05, 0) is 0 Å². The molecular formula is C10H10FN3O5. The first-order valence-electron chi connectivity index (χ1n) is 5.23. The van der Waals surface area contributed by atoms with E-state index in [0.717, 1.165) is 12.3 Å². The van der Waals surface area contributed by atoms with Crippen LogP contribution in [-0.4, -0.2) is 49.5 Å². The van der Waals surface area contributed by atoms with Crippen LogP contribution in [0.3, 0.4) is 0 Å². The third kappa shape index (κ3) is 1.95. The molecule has 2 heterocycles. The summed E-state index contributed by atoms with van der Waals surface area (Å²) >= 11 is 0. The minimum Gasteiger partial charge on any atom is -0.493 e. The zero-order chi connectivity index (χ0) is 14.2. The van der Waals surface area contributed by atoms with Gasteiger partial charge in [0.05, 0.1) is 0 Å². The lowest BCUT2D eigenvalue weighted by Gasteiger charge is -2.16. The number of rotatable bonds is 2. The van der Waals surface area contributed by atoms with Crippen LogP contribution in [-0.2, 0) is 4.74 Å². The lowest BCUT2D eigenvalue weighted by molar-refractivity contribution is -0.100. The van der Waals surface area contributed by atoms with Gasteiger partial charge in [-0.25, -0.2) is 15.8 Å². The summed E-state index contributed by atoms with van der Waals surface area (Å²) in [5, 5.41) is 27.7. The highest BCUT2D eigenvalue weighted by atomic mass is 19.1. The molecule has 1 aromatic heterocycles. The fourth-order valence-corrected chi connectivity index (χ4v) is 1.81. The summed E-state index contributed by atoms with van der Waals surface area (Å²) in [6, 6.07) is 1.03. The molecule has 0 aliphatic carbocycles. The summed E-state index contributed by atoms with van der Waals surface area (Å²) < 4.78 is 19.6. The van der Waals surface area contributed by atoms with E-state index in [1.165, 1.54) is 0 Å². The fraction of sp³-hybridized carbons (Fsp3) is 0.500. The van der Waals surface area contributed by atoms with Gasteiger partial charge in [-0.2, -0.15) is 4.98 Å². The second kappa shape index (κ2) is 4.58. The molecule has 1 aliphatic heterocycles. The molecule has 0 bridgehead atoms. The van der Waals surface area contributed by atoms with E-state index in [1.54, 1.807) is 0 Å². The molecule has 102 valence electrons. The third-order valence-corrected chi connectivity index (χ3v) is 2.87. The first kappa shape index (κ1) is 13.4. The maximum atomic E-state index is 13.9. The van der Waals surface area contributed by atoms with E-state index >= 15 is 0 Å². The number of aliphatic hydroxyl groups excluding tert-OH is 2. The summed E-state index contributed by atoms with van der Waals surface area (Å²) in [5.74, 6) is -0.547. The van der Waals surface area contributed by atoms with Crippen LogP contribution in [0.15, 0.2) is 17.1 Å². The molecule has 4 unspecified atom stereocenters. The fourth-order valence-electron chi connectivity index (χ4n) is 1.81. The van der Waals surface area contributed by atoms with E-state index in [-0.39, 0.29) is 0 Å². The van der Waals surface area contributed by atoms with Crippen molar-refractivity contribution in [2.24, 2.45) is 0 Å². The van der Waals surface area contributed by atoms with E-state index in [1.807, 2.05) is 0 Å². The van der Waals surface area contributed by atoms with Crippen molar-refractivity contribution in [3.63, 3.8) is 0 Å². The Labute approximate surface area is 106 Å². The number of hydrogen-bond acceptors (Lipinski definition) is 6. The SMILES string of the molecule is [C-]#[N+]C1(CO)OC(n2ccc(O)nc2=O)C(F)C1O. The Bertz CT molecular complexity index is 585. The van der Waals surface area contributed by atoms with Gasteiger partial charge in [0, 0.05) is 12.3 Å². The maximum absolute atomic E-state index is 13.9. The van der Waals surface area contributed by atoms with Gasteiger partial charge in [-0.1, -0.05) is 0 Å². The van der Waals surface area contributed by atoms with Crippen LogP contribution >= 0.6 is 0 Å². The van der Waals surface area contributed by atoms with Crippen molar-refractivity contribution in [2.75, 3.05) is 6.61 Å². The van der Waals surface area contributed by atoms with Gasteiger partial charge in [-0.3, -0.25) is 14.1 Å². The highest BCUT2D eigenvalue weighted by molar-refractivity contribution is 5.09. The average Bonchev–Trinajstić information content (AvgIpc) is 2.64. The van der Waals surface area contributed by atoms with Crippen LogP contribution < -0.4 is 5.69 Å². The van der Waals surface area contributed by atoms with Crippen molar-refractivity contribution >= 4 is 0 Å². The molecular weight excluding hydrogens is 261 g/mol. The Morgan fingerprint density at radius 1 is 1.68 bits per heavy atom. The Morgan fingerprint density at radius 3 is 2.84 bits per heavy atom. The van der Waals surface area contributed by atoms with Crippen LogP contribution in [0.4, 0.5) is 4.39 Å². The van der Waals surface area contributed by atoms with Crippen LogP contribution in [0.5, 0.6) is 5.88 Å². The van der Waals surface area contributed by atoms with Crippen LogP contribution in [0.1, 0.15) is 6.23 Å². The average molecular weight is 271 g/mol. The lowest BCUT2D eigenvalue weighted by atomic mass is 10.1. The predicted molar refractivity (Wildman–Crippen MR) is 57.6 cm³/mol. The molecule has 1 aromatic rings. The minimum absolute atomic E-state index is 0.547. The first-order chi connectivity index (χ1) is 8.95. The summed E-state index contributed by atoms with van der Waals surface area (Å²) in [5.41, 5.74) is -3.15. The van der Waals surface area contributed by atoms with Crippen molar-refractivity contribution in [3.8, 4) is 5.88 Å². The van der Waals surface area contributed by atoms with Gasteiger partial charge in [0.15, 0.2) is 25.1 Å². The number of aliphatic hydroxyl groups is 2. The van der Waals surface area contributed by atoms with Crippen molar-refractivity contribution in [1.29, 1.82) is 0 Å². The normalized spacial score (nSPS) is 34.1. The molecule has 19 heavy (non-hydrogen) atoms. The van der Waals surface area contributed by atoms with E-state index in [2.05, 4.69) is 9.83 Å². The second-order valence-corrected chi connectivity index (χ2v) is 3.99. The zero-order valence-electron chi connectivity index (χ0n) is 9.47.